The first-order valence-corrected chi connectivity index (χ1v) is 6.81. The lowest BCUT2D eigenvalue weighted by molar-refractivity contribution is 1.27. The highest BCUT2D eigenvalue weighted by atomic mass is 79.9. The predicted molar refractivity (Wildman–Crippen MR) is 80.8 cm³/mol. The Morgan fingerprint density at radius 3 is 2.53 bits per heavy atom. The summed E-state index contributed by atoms with van der Waals surface area (Å²) >= 11 is 3.44. The van der Waals surface area contributed by atoms with Gasteiger partial charge in [-0.1, -0.05) is 46.3 Å². The van der Waals surface area contributed by atoms with Gasteiger partial charge in [-0.2, -0.15) is 5.26 Å². The molecule has 0 saturated carbocycles. The molecule has 0 saturated heterocycles. The summed E-state index contributed by atoms with van der Waals surface area (Å²) < 4.78 is 1.05. The molecule has 2 aromatic carbocycles. The molecule has 0 atom stereocenters. The molecule has 3 aromatic rings. The normalized spacial score (nSPS) is 10.5. The van der Waals surface area contributed by atoms with Crippen molar-refractivity contribution >= 4 is 26.8 Å². The SMILES string of the molecule is N#CCc1c(-c2ccc(Br)cc2)[nH]c2ccccc12. The maximum Gasteiger partial charge on any atom is 0.0670 e. The van der Waals surface area contributed by atoms with Crippen LogP contribution >= 0.6 is 15.9 Å². The smallest absolute Gasteiger partial charge is 0.0670 e. The number of benzene rings is 2. The van der Waals surface area contributed by atoms with Gasteiger partial charge in [0.05, 0.1) is 18.2 Å². The molecule has 1 heterocycles. The summed E-state index contributed by atoms with van der Waals surface area (Å²) in [4.78, 5) is 3.42. The van der Waals surface area contributed by atoms with Crippen molar-refractivity contribution in [3.63, 3.8) is 0 Å². The van der Waals surface area contributed by atoms with Crippen molar-refractivity contribution in [2.24, 2.45) is 0 Å². The minimum atomic E-state index is 0.412. The molecule has 0 aliphatic carbocycles. The van der Waals surface area contributed by atoms with Crippen LogP contribution in [0.4, 0.5) is 0 Å². The number of nitrogens with zero attached hydrogens (tertiary/aromatic N) is 1. The van der Waals surface area contributed by atoms with Crippen molar-refractivity contribution in [1.29, 1.82) is 5.26 Å². The number of hydrogen-bond acceptors (Lipinski definition) is 1. The highest BCUT2D eigenvalue weighted by Gasteiger charge is 2.12. The van der Waals surface area contributed by atoms with Gasteiger partial charge in [-0.15, -0.1) is 0 Å². The average Bonchev–Trinajstić information content (AvgIpc) is 2.79. The molecular formula is C16H11BrN2. The van der Waals surface area contributed by atoms with Crippen LogP contribution in [0.2, 0.25) is 0 Å². The molecule has 0 fully saturated rings. The van der Waals surface area contributed by atoms with Gasteiger partial charge >= 0.3 is 0 Å². The molecule has 0 bridgehead atoms. The monoisotopic (exact) mass is 310 g/mol. The molecular weight excluding hydrogens is 300 g/mol. The predicted octanol–water partition coefficient (Wildman–Crippen LogP) is 4.66. The lowest BCUT2D eigenvalue weighted by Crippen LogP contribution is -1.85. The van der Waals surface area contributed by atoms with E-state index in [9.17, 15) is 0 Å². The average molecular weight is 311 g/mol. The van der Waals surface area contributed by atoms with Crippen molar-refractivity contribution in [3.8, 4) is 17.3 Å². The Balaban J connectivity index is 2.25. The molecule has 3 rings (SSSR count). The second-order valence-corrected chi connectivity index (χ2v) is 5.28. The Hall–Kier alpha value is -2.05. The van der Waals surface area contributed by atoms with Crippen LogP contribution in [0.1, 0.15) is 5.56 Å². The van der Waals surface area contributed by atoms with Gasteiger partial charge in [0.25, 0.3) is 0 Å². The number of nitriles is 1. The largest absolute Gasteiger partial charge is 0.354 e. The lowest BCUT2D eigenvalue weighted by atomic mass is 10.0. The van der Waals surface area contributed by atoms with Crippen LogP contribution in [-0.4, -0.2) is 4.98 Å². The number of aromatic nitrogens is 1. The number of rotatable bonds is 2. The van der Waals surface area contributed by atoms with Gasteiger partial charge in [0.15, 0.2) is 0 Å². The molecule has 0 radical (unpaired) electrons. The molecule has 0 spiro atoms. The number of hydrogen-bond donors (Lipinski definition) is 1. The summed E-state index contributed by atoms with van der Waals surface area (Å²) in [5.74, 6) is 0. The van der Waals surface area contributed by atoms with Crippen LogP contribution in [0.3, 0.4) is 0 Å². The van der Waals surface area contributed by atoms with Crippen molar-refractivity contribution in [2.75, 3.05) is 0 Å². The number of fused-ring (bicyclic) bond motifs is 1. The number of nitrogens with one attached hydrogen (secondary N) is 1. The lowest BCUT2D eigenvalue weighted by Gasteiger charge is -2.02. The molecule has 0 unspecified atom stereocenters. The molecule has 0 aliphatic heterocycles. The molecule has 2 nitrogen and oxygen atoms in total. The second kappa shape index (κ2) is 4.91. The van der Waals surface area contributed by atoms with Crippen LogP contribution in [0.15, 0.2) is 53.0 Å². The Labute approximate surface area is 119 Å². The summed E-state index contributed by atoms with van der Waals surface area (Å²) in [7, 11) is 0. The zero-order valence-electron chi connectivity index (χ0n) is 10.2. The van der Waals surface area contributed by atoms with E-state index in [1.54, 1.807) is 0 Å². The van der Waals surface area contributed by atoms with Gasteiger partial charge in [0.2, 0.25) is 0 Å². The zero-order valence-corrected chi connectivity index (χ0v) is 11.7. The van der Waals surface area contributed by atoms with E-state index in [0.717, 1.165) is 32.2 Å². The third-order valence-electron chi connectivity index (χ3n) is 3.20. The van der Waals surface area contributed by atoms with Crippen molar-refractivity contribution < 1.29 is 0 Å². The van der Waals surface area contributed by atoms with E-state index in [4.69, 9.17) is 5.26 Å². The quantitative estimate of drug-likeness (QED) is 0.734. The molecule has 1 N–H and O–H groups in total. The van der Waals surface area contributed by atoms with Crippen LogP contribution < -0.4 is 0 Å². The highest BCUT2D eigenvalue weighted by molar-refractivity contribution is 9.10. The molecule has 1 aromatic heterocycles. The third kappa shape index (κ3) is 2.16. The highest BCUT2D eigenvalue weighted by Crippen LogP contribution is 2.31. The van der Waals surface area contributed by atoms with Crippen LogP contribution in [0.25, 0.3) is 22.2 Å². The summed E-state index contributed by atoms with van der Waals surface area (Å²) in [6.07, 6.45) is 0.412. The number of aromatic amines is 1. The van der Waals surface area contributed by atoms with Crippen LogP contribution in [0, 0.1) is 11.3 Å². The Morgan fingerprint density at radius 1 is 1.05 bits per heavy atom. The van der Waals surface area contributed by atoms with E-state index in [0.29, 0.717) is 6.42 Å². The minimum Gasteiger partial charge on any atom is -0.354 e. The Kier molecular flexibility index (Phi) is 3.10. The first-order valence-electron chi connectivity index (χ1n) is 6.02. The molecule has 92 valence electrons. The zero-order chi connectivity index (χ0) is 13.2. The molecule has 3 heteroatoms. The van der Waals surface area contributed by atoms with Gasteiger partial charge in [-0.3, -0.25) is 0 Å². The van der Waals surface area contributed by atoms with E-state index >= 15 is 0 Å². The Morgan fingerprint density at radius 2 is 1.79 bits per heavy atom. The number of halogens is 1. The molecule has 19 heavy (non-hydrogen) atoms. The fraction of sp³-hybridized carbons (Fsp3) is 0.0625. The van der Waals surface area contributed by atoms with Gasteiger partial charge in [-0.25, -0.2) is 0 Å². The topological polar surface area (TPSA) is 39.6 Å². The maximum atomic E-state index is 9.04. The van der Waals surface area contributed by atoms with Crippen molar-refractivity contribution in [2.45, 2.75) is 6.42 Å². The summed E-state index contributed by atoms with van der Waals surface area (Å²) in [5.41, 5.74) is 4.28. The number of para-hydroxylation sites is 1. The third-order valence-corrected chi connectivity index (χ3v) is 3.73. The van der Waals surface area contributed by atoms with Crippen molar-refractivity contribution in [3.05, 3.63) is 58.6 Å². The van der Waals surface area contributed by atoms with Gasteiger partial charge < -0.3 is 4.98 Å². The van der Waals surface area contributed by atoms with E-state index in [-0.39, 0.29) is 0 Å². The summed E-state index contributed by atoms with van der Waals surface area (Å²) in [6.45, 7) is 0. The molecule has 0 aliphatic rings. The fourth-order valence-electron chi connectivity index (χ4n) is 2.33. The summed E-state index contributed by atoms with van der Waals surface area (Å²) in [6, 6.07) is 18.5. The maximum absolute atomic E-state index is 9.04. The minimum absolute atomic E-state index is 0.412. The van der Waals surface area contributed by atoms with Gasteiger partial charge in [-0.05, 0) is 29.3 Å². The second-order valence-electron chi connectivity index (χ2n) is 4.37. The van der Waals surface area contributed by atoms with E-state index in [1.807, 2.05) is 30.3 Å². The first-order chi connectivity index (χ1) is 9.29. The van der Waals surface area contributed by atoms with Gasteiger partial charge in [0.1, 0.15) is 0 Å². The van der Waals surface area contributed by atoms with Crippen LogP contribution in [0.5, 0.6) is 0 Å². The Bertz CT molecular complexity index is 764. The van der Waals surface area contributed by atoms with E-state index in [2.05, 4.69) is 45.2 Å². The summed E-state index contributed by atoms with van der Waals surface area (Å²) in [5, 5.41) is 10.2. The first kappa shape index (κ1) is 12.0. The number of H-pyrrole nitrogens is 1. The fourth-order valence-corrected chi connectivity index (χ4v) is 2.59. The van der Waals surface area contributed by atoms with E-state index in [1.165, 1.54) is 0 Å². The van der Waals surface area contributed by atoms with Crippen molar-refractivity contribution in [1.82, 2.24) is 4.98 Å². The van der Waals surface area contributed by atoms with E-state index < -0.39 is 0 Å². The standard InChI is InChI=1S/C16H11BrN2/c17-12-7-5-11(6-8-12)16-14(9-10-18)13-3-1-2-4-15(13)19-16/h1-8,19H,9H2. The molecule has 0 amide bonds. The van der Waals surface area contributed by atoms with Gasteiger partial charge in [0, 0.05) is 15.4 Å². The van der Waals surface area contributed by atoms with Crippen LogP contribution in [-0.2, 0) is 6.42 Å².